The first kappa shape index (κ1) is 31.1. The fourth-order valence-electron chi connectivity index (χ4n) is 3.91. The van der Waals surface area contributed by atoms with E-state index in [-0.39, 0.29) is 17.5 Å². The van der Waals surface area contributed by atoms with Crippen molar-refractivity contribution in [2.24, 2.45) is 0 Å². The minimum Gasteiger partial charge on any atom is -0.508 e. The van der Waals surface area contributed by atoms with Gasteiger partial charge in [0, 0.05) is 31.7 Å². The van der Waals surface area contributed by atoms with Gasteiger partial charge in [0.2, 0.25) is 17.8 Å². The predicted octanol–water partition coefficient (Wildman–Crippen LogP) is 3.86. The van der Waals surface area contributed by atoms with Crippen LogP contribution in [0.25, 0.3) is 0 Å². The van der Waals surface area contributed by atoms with E-state index in [1.54, 1.807) is 30.3 Å². The number of nitrogens with zero attached hydrogens (tertiary/aromatic N) is 3. The van der Waals surface area contributed by atoms with Crippen molar-refractivity contribution < 1.29 is 23.8 Å². The number of phenols is 1. The van der Waals surface area contributed by atoms with Crippen molar-refractivity contribution >= 4 is 23.8 Å². The molecular weight excluding hydrogens is 553 g/mol. The van der Waals surface area contributed by atoms with Crippen LogP contribution in [-0.2, 0) is 22.4 Å². The third-order valence-corrected chi connectivity index (χ3v) is 6.08. The number of ether oxygens (including phenoxy) is 2. The molecule has 4 aromatic rings. The topological polar surface area (TPSA) is 143 Å². The van der Waals surface area contributed by atoms with Crippen LogP contribution in [0.4, 0.5) is 22.2 Å². The first-order valence-electron chi connectivity index (χ1n) is 14.0. The molecule has 43 heavy (non-hydrogen) atoms. The highest BCUT2D eigenvalue weighted by atomic mass is 19.1. The summed E-state index contributed by atoms with van der Waals surface area (Å²) in [7, 11) is 0. The Morgan fingerprint density at radius 1 is 0.698 bits per heavy atom. The highest BCUT2D eigenvalue weighted by Crippen LogP contribution is 2.13. The molecule has 0 spiro atoms. The van der Waals surface area contributed by atoms with Crippen LogP contribution >= 0.6 is 0 Å². The van der Waals surface area contributed by atoms with Crippen LogP contribution < -0.4 is 21.3 Å². The number of hydrogen-bond donors (Lipinski definition) is 5. The molecule has 0 saturated carbocycles. The summed E-state index contributed by atoms with van der Waals surface area (Å²) in [4.78, 5) is 25.3. The largest absolute Gasteiger partial charge is 0.508 e. The molecule has 12 heteroatoms. The van der Waals surface area contributed by atoms with E-state index in [4.69, 9.17) is 9.47 Å². The third-order valence-electron chi connectivity index (χ3n) is 6.08. The van der Waals surface area contributed by atoms with Gasteiger partial charge in [-0.1, -0.05) is 42.5 Å². The number of benzene rings is 3. The zero-order chi connectivity index (χ0) is 30.1. The molecule has 226 valence electrons. The summed E-state index contributed by atoms with van der Waals surface area (Å²) in [6.45, 7) is 3.35. The van der Waals surface area contributed by atoms with E-state index in [1.807, 2.05) is 36.4 Å². The van der Waals surface area contributed by atoms with Crippen molar-refractivity contribution in [3.63, 3.8) is 0 Å². The summed E-state index contributed by atoms with van der Waals surface area (Å²) in [5, 5.41) is 21.8. The number of carbonyl (C=O) groups is 1. The lowest BCUT2D eigenvalue weighted by molar-refractivity contribution is 0.0519. The number of carbonyl (C=O) groups excluding carboxylic acids is 1. The zero-order valence-electron chi connectivity index (χ0n) is 23.8. The van der Waals surface area contributed by atoms with E-state index in [9.17, 15) is 14.3 Å². The Kier molecular flexibility index (Phi) is 12.5. The Balaban J connectivity index is 1.18. The van der Waals surface area contributed by atoms with Crippen LogP contribution in [0.5, 0.6) is 5.75 Å². The molecule has 0 aliphatic heterocycles. The molecule has 0 saturated heterocycles. The first-order valence-corrected chi connectivity index (χ1v) is 14.0. The lowest BCUT2D eigenvalue weighted by Gasteiger charge is -2.12. The maximum atomic E-state index is 13.6. The summed E-state index contributed by atoms with van der Waals surface area (Å²) in [5.41, 5.74) is 2.43. The molecule has 4 rings (SSSR count). The Morgan fingerprint density at radius 2 is 1.35 bits per heavy atom. The number of amides is 1. The van der Waals surface area contributed by atoms with Gasteiger partial charge >= 0.3 is 0 Å². The number of aromatic nitrogens is 3. The molecule has 0 unspecified atom stereocenters. The predicted molar refractivity (Wildman–Crippen MR) is 163 cm³/mol. The van der Waals surface area contributed by atoms with Gasteiger partial charge in [0.1, 0.15) is 11.6 Å². The molecule has 1 aromatic heterocycles. The van der Waals surface area contributed by atoms with Gasteiger partial charge in [0.05, 0.1) is 26.4 Å². The van der Waals surface area contributed by atoms with Crippen LogP contribution in [0.15, 0.2) is 78.9 Å². The average Bonchev–Trinajstić information content (AvgIpc) is 3.02. The van der Waals surface area contributed by atoms with Crippen molar-refractivity contribution in [1.82, 2.24) is 20.3 Å². The second-order valence-electron chi connectivity index (χ2n) is 9.41. The number of rotatable bonds is 18. The maximum Gasteiger partial charge on any atom is 0.251 e. The third kappa shape index (κ3) is 11.5. The fraction of sp³-hybridized carbons (Fsp3) is 0.290. The van der Waals surface area contributed by atoms with Crippen molar-refractivity contribution in [2.75, 3.05) is 62.0 Å². The Labute approximate surface area is 249 Å². The van der Waals surface area contributed by atoms with Crippen LogP contribution in [0.2, 0.25) is 0 Å². The number of nitrogens with one attached hydrogen (secondary N) is 4. The molecule has 0 radical (unpaired) electrons. The van der Waals surface area contributed by atoms with Gasteiger partial charge in [0.25, 0.3) is 5.91 Å². The number of anilines is 3. The highest BCUT2D eigenvalue weighted by Gasteiger charge is 2.08. The molecule has 11 nitrogen and oxygen atoms in total. The summed E-state index contributed by atoms with van der Waals surface area (Å²) >= 11 is 0. The minimum atomic E-state index is -0.311. The van der Waals surface area contributed by atoms with E-state index in [2.05, 4.69) is 36.2 Å². The normalized spacial score (nSPS) is 10.7. The van der Waals surface area contributed by atoms with Gasteiger partial charge in [-0.3, -0.25) is 4.79 Å². The quantitative estimate of drug-likeness (QED) is 0.109. The van der Waals surface area contributed by atoms with E-state index in [1.165, 1.54) is 12.1 Å². The molecule has 0 atom stereocenters. The number of halogens is 1. The molecule has 0 fully saturated rings. The molecule has 0 aliphatic carbocycles. The van der Waals surface area contributed by atoms with E-state index in [0.29, 0.717) is 82.4 Å². The number of hydrogen-bond acceptors (Lipinski definition) is 10. The first-order chi connectivity index (χ1) is 21.0. The zero-order valence-corrected chi connectivity index (χ0v) is 23.8. The highest BCUT2D eigenvalue weighted by molar-refractivity contribution is 5.94. The van der Waals surface area contributed by atoms with Gasteiger partial charge in [-0.2, -0.15) is 15.0 Å². The van der Waals surface area contributed by atoms with Gasteiger partial charge in [-0.15, -0.1) is 0 Å². The second kappa shape index (κ2) is 17.2. The van der Waals surface area contributed by atoms with Gasteiger partial charge in [-0.25, -0.2) is 4.39 Å². The average molecular weight is 590 g/mol. The molecular formula is C31H36FN7O4. The summed E-state index contributed by atoms with van der Waals surface area (Å²) in [6.07, 6.45) is 0.704. The lowest BCUT2D eigenvalue weighted by Crippen LogP contribution is -2.27. The second-order valence-corrected chi connectivity index (χ2v) is 9.41. The Hall–Kier alpha value is -4.81. The molecule has 5 N–H and O–H groups in total. The van der Waals surface area contributed by atoms with E-state index < -0.39 is 0 Å². The van der Waals surface area contributed by atoms with Crippen molar-refractivity contribution in [1.29, 1.82) is 0 Å². The summed E-state index contributed by atoms with van der Waals surface area (Å²) in [5.74, 6) is 0.856. The molecule has 1 heterocycles. The maximum absolute atomic E-state index is 13.6. The van der Waals surface area contributed by atoms with Gasteiger partial charge < -0.3 is 35.8 Å². The van der Waals surface area contributed by atoms with Crippen LogP contribution in [0.1, 0.15) is 21.5 Å². The van der Waals surface area contributed by atoms with Crippen LogP contribution in [0.3, 0.4) is 0 Å². The summed E-state index contributed by atoms with van der Waals surface area (Å²) < 4.78 is 24.7. The number of aromatic hydroxyl groups is 1. The fourth-order valence-corrected chi connectivity index (χ4v) is 3.91. The van der Waals surface area contributed by atoms with Gasteiger partial charge in [0.15, 0.2) is 0 Å². The minimum absolute atomic E-state index is 0.132. The summed E-state index contributed by atoms with van der Waals surface area (Å²) in [6, 6.07) is 22.3. The van der Waals surface area contributed by atoms with Crippen molar-refractivity contribution in [3.05, 3.63) is 101 Å². The molecule has 1 amide bonds. The Morgan fingerprint density at radius 3 is 2.05 bits per heavy atom. The van der Waals surface area contributed by atoms with Crippen molar-refractivity contribution in [2.45, 2.75) is 13.0 Å². The standard InChI is InChI=1S/C31H36FN7O4/c32-26-8-4-5-24(21-26)22-36-31-38-29(34-14-13-23-9-11-27(40)12-10-23)37-30(39-31)35-16-18-43-20-19-42-17-15-33-28(41)25-6-2-1-3-7-25/h1-12,21,40H,13-20,22H2,(H,33,41)(H3,34,35,36,37,38,39). The SMILES string of the molecule is O=C(NCCOCCOCCNc1nc(NCCc2ccc(O)cc2)nc(NCc2cccc(F)c2)n1)c1ccccc1. The smallest absolute Gasteiger partial charge is 0.251 e. The van der Waals surface area contributed by atoms with Crippen LogP contribution in [-0.4, -0.2) is 72.0 Å². The lowest BCUT2D eigenvalue weighted by atomic mass is 10.1. The molecule has 0 aliphatic rings. The molecule has 3 aromatic carbocycles. The van der Waals surface area contributed by atoms with Crippen LogP contribution in [0, 0.1) is 5.82 Å². The monoisotopic (exact) mass is 589 g/mol. The van der Waals surface area contributed by atoms with Crippen molar-refractivity contribution in [3.8, 4) is 5.75 Å². The van der Waals surface area contributed by atoms with Gasteiger partial charge in [-0.05, 0) is 53.9 Å². The van der Waals surface area contributed by atoms with E-state index in [0.717, 1.165) is 11.1 Å². The Bertz CT molecular complexity index is 1410. The van der Waals surface area contributed by atoms with E-state index >= 15 is 0 Å². The number of phenolic OH excluding ortho intramolecular Hbond substituents is 1. The molecule has 0 bridgehead atoms.